The van der Waals surface area contributed by atoms with Gasteiger partial charge in [0, 0.05) is 10.5 Å². The third-order valence-electron chi connectivity index (χ3n) is 3.40. The van der Waals surface area contributed by atoms with Crippen LogP contribution in [0.1, 0.15) is 37.5 Å². The number of halogens is 1. The largest absolute Gasteiger partial charge is 0.484 e. The number of hydrogen-bond donors (Lipinski definition) is 1. The van der Waals surface area contributed by atoms with Gasteiger partial charge in [0.2, 0.25) is 0 Å². The molecule has 2 atom stereocenters. The predicted molar refractivity (Wildman–Crippen MR) is 91.6 cm³/mol. The van der Waals surface area contributed by atoms with Crippen LogP contribution in [0, 0.1) is 0 Å². The molecule has 2 unspecified atom stereocenters. The third kappa shape index (κ3) is 4.58. The number of benzene rings is 2. The monoisotopic (exact) mass is 347 g/mol. The highest BCUT2D eigenvalue weighted by molar-refractivity contribution is 9.10. The van der Waals surface area contributed by atoms with E-state index in [0.717, 1.165) is 28.6 Å². The number of aryl methyl sites for hydroxylation is 1. The van der Waals surface area contributed by atoms with Crippen LogP contribution in [0.2, 0.25) is 0 Å². The summed E-state index contributed by atoms with van der Waals surface area (Å²) in [6.45, 7) is 4.16. The first kappa shape index (κ1) is 16.1. The zero-order chi connectivity index (χ0) is 15.2. The summed E-state index contributed by atoms with van der Waals surface area (Å²) in [6.07, 6.45) is 2.11. The lowest BCUT2D eigenvalue weighted by atomic mass is 10.0. The Labute approximate surface area is 135 Å². The second-order valence-corrected chi connectivity index (χ2v) is 6.26. The van der Waals surface area contributed by atoms with Gasteiger partial charge >= 0.3 is 0 Å². The van der Waals surface area contributed by atoms with E-state index in [1.807, 2.05) is 43.3 Å². The summed E-state index contributed by atoms with van der Waals surface area (Å²) < 4.78 is 7.15. The standard InChI is InChI=1S/C18H22BrNO/c1-3-4-14-5-11-17(12-6-14)21-18(13(2)20)15-7-9-16(19)10-8-15/h5-13,18H,3-4,20H2,1-2H3. The van der Waals surface area contributed by atoms with Crippen molar-refractivity contribution >= 4 is 15.9 Å². The molecule has 3 heteroatoms. The maximum Gasteiger partial charge on any atom is 0.138 e. The highest BCUT2D eigenvalue weighted by atomic mass is 79.9. The Bertz CT molecular complexity index is 548. The van der Waals surface area contributed by atoms with Crippen LogP contribution in [-0.4, -0.2) is 6.04 Å². The minimum atomic E-state index is -0.143. The maximum atomic E-state index is 6.10. The van der Waals surface area contributed by atoms with E-state index in [-0.39, 0.29) is 12.1 Å². The van der Waals surface area contributed by atoms with Crippen LogP contribution in [0.5, 0.6) is 5.75 Å². The van der Waals surface area contributed by atoms with Crippen molar-refractivity contribution in [3.05, 3.63) is 64.1 Å². The molecule has 112 valence electrons. The molecule has 0 saturated carbocycles. The molecule has 0 radical (unpaired) electrons. The Hall–Kier alpha value is -1.32. The molecule has 2 rings (SSSR count). The van der Waals surface area contributed by atoms with E-state index in [0.29, 0.717) is 0 Å². The fourth-order valence-corrected chi connectivity index (χ4v) is 2.57. The van der Waals surface area contributed by atoms with Crippen molar-refractivity contribution in [2.24, 2.45) is 5.73 Å². The second kappa shape index (κ2) is 7.62. The summed E-state index contributed by atoms with van der Waals surface area (Å²) in [6, 6.07) is 16.3. The van der Waals surface area contributed by atoms with Crippen LogP contribution in [0.15, 0.2) is 53.0 Å². The van der Waals surface area contributed by atoms with Crippen molar-refractivity contribution in [3.8, 4) is 5.75 Å². The average molecular weight is 348 g/mol. The number of rotatable bonds is 6. The van der Waals surface area contributed by atoms with Gasteiger partial charge in [-0.2, -0.15) is 0 Å². The molecule has 0 aliphatic carbocycles. The first-order valence-electron chi connectivity index (χ1n) is 7.36. The van der Waals surface area contributed by atoms with Crippen molar-refractivity contribution in [1.82, 2.24) is 0 Å². The summed E-state index contributed by atoms with van der Waals surface area (Å²) in [5.41, 5.74) is 8.52. The first-order valence-corrected chi connectivity index (χ1v) is 8.16. The topological polar surface area (TPSA) is 35.2 Å². The average Bonchev–Trinajstić information content (AvgIpc) is 2.47. The van der Waals surface area contributed by atoms with Gasteiger partial charge in [-0.3, -0.25) is 0 Å². The lowest BCUT2D eigenvalue weighted by Gasteiger charge is -2.23. The predicted octanol–water partition coefficient (Wildman–Crippen LogP) is 4.87. The molecule has 21 heavy (non-hydrogen) atoms. The van der Waals surface area contributed by atoms with Crippen LogP contribution in [0.3, 0.4) is 0 Å². The molecule has 0 bridgehead atoms. The quantitative estimate of drug-likeness (QED) is 0.808. The molecule has 2 aromatic carbocycles. The normalized spacial score (nSPS) is 13.7. The van der Waals surface area contributed by atoms with Crippen LogP contribution < -0.4 is 10.5 Å². The molecule has 0 aliphatic rings. The van der Waals surface area contributed by atoms with Gasteiger partial charge < -0.3 is 10.5 Å². The highest BCUT2D eigenvalue weighted by Crippen LogP contribution is 2.26. The molecular weight excluding hydrogens is 326 g/mol. The SMILES string of the molecule is CCCc1ccc(OC(c2ccc(Br)cc2)C(C)N)cc1. The number of nitrogens with two attached hydrogens (primary N) is 1. The van der Waals surface area contributed by atoms with Gasteiger partial charge in [-0.25, -0.2) is 0 Å². The van der Waals surface area contributed by atoms with Crippen LogP contribution in [0.25, 0.3) is 0 Å². The molecule has 0 fully saturated rings. The molecular formula is C18H22BrNO. The molecule has 0 amide bonds. The van der Waals surface area contributed by atoms with E-state index in [9.17, 15) is 0 Å². The van der Waals surface area contributed by atoms with Gasteiger partial charge in [-0.15, -0.1) is 0 Å². The van der Waals surface area contributed by atoms with Gasteiger partial charge in [-0.05, 0) is 48.7 Å². The lowest BCUT2D eigenvalue weighted by Crippen LogP contribution is -2.29. The molecule has 0 saturated heterocycles. The van der Waals surface area contributed by atoms with E-state index in [4.69, 9.17) is 10.5 Å². The molecule has 0 spiro atoms. The Kier molecular flexibility index (Phi) is 5.83. The van der Waals surface area contributed by atoms with Crippen molar-refractivity contribution in [1.29, 1.82) is 0 Å². The van der Waals surface area contributed by atoms with E-state index in [1.54, 1.807) is 0 Å². The number of hydrogen-bond acceptors (Lipinski definition) is 2. The molecule has 2 nitrogen and oxygen atoms in total. The Morgan fingerprint density at radius 2 is 1.67 bits per heavy atom. The smallest absolute Gasteiger partial charge is 0.138 e. The van der Waals surface area contributed by atoms with E-state index >= 15 is 0 Å². The molecule has 2 aromatic rings. The van der Waals surface area contributed by atoms with E-state index < -0.39 is 0 Å². The third-order valence-corrected chi connectivity index (χ3v) is 3.93. The first-order chi connectivity index (χ1) is 10.1. The summed E-state index contributed by atoms with van der Waals surface area (Å²) in [5, 5.41) is 0. The zero-order valence-corrected chi connectivity index (χ0v) is 14.1. The maximum absolute atomic E-state index is 6.10. The summed E-state index contributed by atoms with van der Waals surface area (Å²) in [4.78, 5) is 0. The molecule has 0 aliphatic heterocycles. The van der Waals surface area contributed by atoms with E-state index in [1.165, 1.54) is 5.56 Å². The van der Waals surface area contributed by atoms with Crippen molar-refractivity contribution < 1.29 is 4.74 Å². The highest BCUT2D eigenvalue weighted by Gasteiger charge is 2.18. The van der Waals surface area contributed by atoms with Gasteiger partial charge in [0.15, 0.2) is 0 Å². The van der Waals surface area contributed by atoms with Crippen molar-refractivity contribution in [2.45, 2.75) is 38.8 Å². The fourth-order valence-electron chi connectivity index (χ4n) is 2.30. The van der Waals surface area contributed by atoms with Gasteiger partial charge in [0.25, 0.3) is 0 Å². The summed E-state index contributed by atoms with van der Waals surface area (Å²) in [5.74, 6) is 0.861. The van der Waals surface area contributed by atoms with E-state index in [2.05, 4.69) is 35.0 Å². The zero-order valence-electron chi connectivity index (χ0n) is 12.6. The van der Waals surface area contributed by atoms with Crippen LogP contribution in [-0.2, 0) is 6.42 Å². The van der Waals surface area contributed by atoms with Gasteiger partial charge in [0.1, 0.15) is 11.9 Å². The minimum Gasteiger partial charge on any atom is -0.484 e. The summed E-state index contributed by atoms with van der Waals surface area (Å²) in [7, 11) is 0. The Morgan fingerprint density at radius 3 is 2.19 bits per heavy atom. The Balaban J connectivity index is 2.14. The van der Waals surface area contributed by atoms with Crippen molar-refractivity contribution in [2.75, 3.05) is 0 Å². The van der Waals surface area contributed by atoms with Gasteiger partial charge in [0.05, 0.1) is 0 Å². The molecule has 0 aromatic heterocycles. The fraction of sp³-hybridized carbons (Fsp3) is 0.333. The molecule has 0 heterocycles. The molecule has 2 N–H and O–H groups in total. The Morgan fingerprint density at radius 1 is 1.05 bits per heavy atom. The second-order valence-electron chi connectivity index (χ2n) is 5.34. The minimum absolute atomic E-state index is 0.0820. The van der Waals surface area contributed by atoms with Crippen LogP contribution >= 0.6 is 15.9 Å². The van der Waals surface area contributed by atoms with Gasteiger partial charge in [-0.1, -0.05) is 53.5 Å². The summed E-state index contributed by atoms with van der Waals surface area (Å²) >= 11 is 3.45. The van der Waals surface area contributed by atoms with Crippen molar-refractivity contribution in [3.63, 3.8) is 0 Å². The number of ether oxygens (including phenoxy) is 1. The van der Waals surface area contributed by atoms with Crippen LogP contribution in [0.4, 0.5) is 0 Å². The lowest BCUT2D eigenvalue weighted by molar-refractivity contribution is 0.180.